The zero-order chi connectivity index (χ0) is 44.3. The van der Waals surface area contributed by atoms with E-state index in [1.54, 1.807) is 0 Å². The van der Waals surface area contributed by atoms with E-state index in [1.807, 2.05) is 22.7 Å². The smallest absolute Gasteiger partial charge is 0.0473 e. The van der Waals surface area contributed by atoms with Gasteiger partial charge in [0.05, 0.1) is 0 Å². The van der Waals surface area contributed by atoms with Crippen molar-refractivity contribution < 1.29 is 0 Å². The fourth-order valence-corrected chi connectivity index (χ4v) is 12.5. The first kappa shape index (κ1) is 39.5. The fourth-order valence-electron chi connectivity index (χ4n) is 10.2. The van der Waals surface area contributed by atoms with E-state index < -0.39 is 0 Å². The number of rotatable bonds is 8. The lowest BCUT2D eigenvalue weighted by Gasteiger charge is -2.30. The van der Waals surface area contributed by atoms with Gasteiger partial charge >= 0.3 is 0 Å². The van der Waals surface area contributed by atoms with Gasteiger partial charge in [0.2, 0.25) is 0 Å². The van der Waals surface area contributed by atoms with Crippen molar-refractivity contribution in [2.45, 2.75) is 12.3 Å². The Hall–Kier alpha value is -7.82. The van der Waals surface area contributed by atoms with Crippen LogP contribution in [0.15, 0.2) is 248 Å². The summed E-state index contributed by atoms with van der Waals surface area (Å²) in [5, 5.41) is 7.79. The van der Waals surface area contributed by atoms with Gasteiger partial charge in [-0.3, -0.25) is 0 Å². The third kappa shape index (κ3) is 7.25. The van der Waals surface area contributed by atoms with Crippen LogP contribution in [0.2, 0.25) is 0 Å². The highest BCUT2D eigenvalue weighted by atomic mass is 32.1. The van der Waals surface area contributed by atoms with E-state index in [0.29, 0.717) is 0 Å². The molecular formula is C64H43NS2. The highest BCUT2D eigenvalue weighted by molar-refractivity contribution is 7.26. The van der Waals surface area contributed by atoms with E-state index in [0.717, 1.165) is 17.8 Å². The lowest BCUT2D eigenvalue weighted by molar-refractivity contribution is 0.840. The van der Waals surface area contributed by atoms with Crippen LogP contribution in [0.5, 0.6) is 0 Å². The van der Waals surface area contributed by atoms with E-state index in [9.17, 15) is 0 Å². The fraction of sp³-hybridized carbons (Fsp3) is 0.0312. The highest BCUT2D eigenvalue weighted by Crippen LogP contribution is 2.45. The van der Waals surface area contributed by atoms with Crippen LogP contribution < -0.4 is 4.90 Å². The molecule has 67 heavy (non-hydrogen) atoms. The number of nitrogens with zero attached hydrogens (tertiary/aromatic N) is 1. The molecule has 3 heteroatoms. The summed E-state index contributed by atoms with van der Waals surface area (Å²) in [7, 11) is 0. The van der Waals surface area contributed by atoms with E-state index in [-0.39, 0.29) is 5.92 Å². The molecular weight excluding hydrogens is 847 g/mol. The standard InChI is InChI=1S/C64H43NS2/c1-3-13-42(14-4-1)46-18-11-20-48(35-46)44-25-29-53(30-26-44)65(54-31-34-62-60(41-54)57-23-9-10-24-61(57)66-62)55-38-51(49-21-12-19-47(36-49)43-15-5-2-6-16-43)37-52(39-55)50-28-33-63-59(40-50)58-32-27-45-17-7-8-22-56(45)64(58)67-63/h1-25,27-41,44H,26H2. The molecule has 0 N–H and O–H groups in total. The topological polar surface area (TPSA) is 3.24 Å². The maximum absolute atomic E-state index is 2.50. The third-order valence-electron chi connectivity index (χ3n) is 13.6. The van der Waals surface area contributed by atoms with Crippen LogP contribution in [0.3, 0.4) is 0 Å². The number of thiophene rings is 2. The van der Waals surface area contributed by atoms with Crippen LogP contribution in [0.1, 0.15) is 17.9 Å². The lowest BCUT2D eigenvalue weighted by atomic mass is 9.89. The Balaban J connectivity index is 0.988. The molecule has 10 aromatic carbocycles. The third-order valence-corrected chi connectivity index (χ3v) is 15.9. The molecule has 13 rings (SSSR count). The van der Waals surface area contributed by atoms with Gasteiger partial charge in [-0.05, 0) is 134 Å². The van der Waals surface area contributed by atoms with Crippen LogP contribution in [0, 0.1) is 0 Å². The number of hydrogen-bond acceptors (Lipinski definition) is 3. The van der Waals surface area contributed by atoms with Crippen molar-refractivity contribution in [3.63, 3.8) is 0 Å². The summed E-state index contributed by atoms with van der Waals surface area (Å²) in [5.74, 6) is 0.268. The van der Waals surface area contributed by atoms with E-state index in [1.165, 1.54) is 107 Å². The van der Waals surface area contributed by atoms with Crippen molar-refractivity contribution >= 4 is 85.2 Å². The minimum absolute atomic E-state index is 0.268. The maximum Gasteiger partial charge on any atom is 0.0473 e. The maximum atomic E-state index is 2.50. The molecule has 0 radical (unpaired) electrons. The molecule has 0 saturated heterocycles. The monoisotopic (exact) mass is 889 g/mol. The SMILES string of the molecule is C1=CC(c2cccc(-c3ccccc3)c2)CC=C1N(c1cc(-c2cccc(-c3ccccc3)c2)cc(-c2ccc3sc4c5ccccc5ccc4c3c2)c1)c1ccc2sc3ccccc3c2c1. The molecule has 1 atom stereocenters. The summed E-state index contributed by atoms with van der Waals surface area (Å²) in [6, 6.07) is 83.0. The summed E-state index contributed by atoms with van der Waals surface area (Å²) in [5.41, 5.74) is 14.4. The van der Waals surface area contributed by atoms with Gasteiger partial charge in [0.25, 0.3) is 0 Å². The number of fused-ring (bicyclic) bond motifs is 8. The van der Waals surface area contributed by atoms with E-state index >= 15 is 0 Å². The largest absolute Gasteiger partial charge is 0.311 e. The first-order valence-corrected chi connectivity index (χ1v) is 24.7. The van der Waals surface area contributed by atoms with Crippen LogP contribution in [-0.4, -0.2) is 0 Å². The van der Waals surface area contributed by atoms with Crippen LogP contribution in [0.25, 0.3) is 95.6 Å². The van der Waals surface area contributed by atoms with Gasteiger partial charge in [0.1, 0.15) is 0 Å². The normalized spacial score (nSPS) is 13.8. The van der Waals surface area contributed by atoms with Crippen molar-refractivity contribution in [2.24, 2.45) is 0 Å². The quantitative estimate of drug-likeness (QED) is 0.147. The number of hydrogen-bond donors (Lipinski definition) is 0. The Morgan fingerprint density at radius 3 is 1.73 bits per heavy atom. The van der Waals surface area contributed by atoms with Gasteiger partial charge in [0, 0.05) is 63.3 Å². The van der Waals surface area contributed by atoms with Crippen molar-refractivity contribution in [1.29, 1.82) is 0 Å². The molecule has 1 nitrogen and oxygen atoms in total. The van der Waals surface area contributed by atoms with Crippen molar-refractivity contribution in [2.75, 3.05) is 4.90 Å². The van der Waals surface area contributed by atoms with Gasteiger partial charge in [-0.1, -0.05) is 176 Å². The predicted octanol–water partition coefficient (Wildman–Crippen LogP) is 19.0. The Morgan fingerprint density at radius 2 is 0.955 bits per heavy atom. The van der Waals surface area contributed by atoms with Crippen molar-refractivity contribution in [3.8, 4) is 44.5 Å². The minimum Gasteiger partial charge on any atom is -0.311 e. The average Bonchev–Trinajstić information content (AvgIpc) is 3.98. The summed E-state index contributed by atoms with van der Waals surface area (Å²) < 4.78 is 5.26. The molecule has 0 saturated carbocycles. The molecule has 2 heterocycles. The highest BCUT2D eigenvalue weighted by Gasteiger charge is 2.22. The minimum atomic E-state index is 0.268. The second-order valence-electron chi connectivity index (χ2n) is 17.6. The molecule has 1 aliphatic rings. The Kier molecular flexibility index (Phi) is 9.77. The van der Waals surface area contributed by atoms with Crippen molar-refractivity contribution in [3.05, 3.63) is 254 Å². The molecule has 12 aromatic rings. The summed E-state index contributed by atoms with van der Waals surface area (Å²) in [4.78, 5) is 2.50. The summed E-state index contributed by atoms with van der Waals surface area (Å²) >= 11 is 3.76. The first-order chi connectivity index (χ1) is 33.2. The molecule has 1 aliphatic carbocycles. The van der Waals surface area contributed by atoms with Gasteiger partial charge < -0.3 is 4.90 Å². The van der Waals surface area contributed by atoms with Crippen LogP contribution >= 0.6 is 22.7 Å². The molecule has 0 aliphatic heterocycles. The molecule has 0 fully saturated rings. The molecule has 1 unspecified atom stereocenters. The predicted molar refractivity (Wildman–Crippen MR) is 291 cm³/mol. The summed E-state index contributed by atoms with van der Waals surface area (Å²) in [6.45, 7) is 0. The van der Waals surface area contributed by atoms with Crippen molar-refractivity contribution in [1.82, 2.24) is 0 Å². The van der Waals surface area contributed by atoms with Gasteiger partial charge in [-0.25, -0.2) is 0 Å². The van der Waals surface area contributed by atoms with Gasteiger partial charge in [-0.15, -0.1) is 22.7 Å². The molecule has 0 bridgehead atoms. The van der Waals surface area contributed by atoms with E-state index in [2.05, 4.69) is 248 Å². The Labute approximate surface area is 398 Å². The zero-order valence-electron chi connectivity index (χ0n) is 36.6. The summed E-state index contributed by atoms with van der Waals surface area (Å²) in [6.07, 6.45) is 8.12. The van der Waals surface area contributed by atoms with Crippen LogP contribution in [0.4, 0.5) is 11.4 Å². The Bertz CT molecular complexity index is 3910. The molecule has 2 aromatic heterocycles. The molecule has 0 spiro atoms. The number of allylic oxidation sites excluding steroid dienone is 3. The first-order valence-electron chi connectivity index (χ1n) is 23.1. The number of anilines is 2. The van der Waals surface area contributed by atoms with Gasteiger partial charge in [0.15, 0.2) is 0 Å². The second kappa shape index (κ2) is 16.6. The number of benzene rings is 10. The Morgan fingerprint density at radius 1 is 0.358 bits per heavy atom. The zero-order valence-corrected chi connectivity index (χ0v) is 38.3. The second-order valence-corrected chi connectivity index (χ2v) is 19.8. The van der Waals surface area contributed by atoms with Gasteiger partial charge in [-0.2, -0.15) is 0 Å². The molecule has 316 valence electrons. The average molecular weight is 890 g/mol. The molecule has 0 amide bonds. The van der Waals surface area contributed by atoms with E-state index in [4.69, 9.17) is 0 Å². The van der Waals surface area contributed by atoms with Crippen LogP contribution in [-0.2, 0) is 0 Å². The lowest BCUT2D eigenvalue weighted by Crippen LogP contribution is -2.17.